The molecule has 0 aliphatic heterocycles. The first-order valence-electron chi connectivity index (χ1n) is 10.9. The van der Waals surface area contributed by atoms with Crippen molar-refractivity contribution in [2.75, 3.05) is 0 Å². The van der Waals surface area contributed by atoms with Crippen molar-refractivity contribution in [3.05, 3.63) is 0 Å². The van der Waals surface area contributed by atoms with Crippen LogP contribution in [0.25, 0.3) is 0 Å². The van der Waals surface area contributed by atoms with Gasteiger partial charge >= 0.3 is 0 Å². The third kappa shape index (κ3) is 15.2. The van der Waals surface area contributed by atoms with Crippen LogP contribution in [-0.4, -0.2) is 6.29 Å². The first-order valence-corrected chi connectivity index (χ1v) is 10.9. The summed E-state index contributed by atoms with van der Waals surface area (Å²) in [6, 6.07) is 0. The van der Waals surface area contributed by atoms with Crippen LogP contribution >= 0.6 is 0 Å². The van der Waals surface area contributed by atoms with Crippen LogP contribution in [0, 0.1) is 23.7 Å². The second-order valence-corrected chi connectivity index (χ2v) is 8.72. The lowest BCUT2D eigenvalue weighted by Gasteiger charge is -2.16. The van der Waals surface area contributed by atoms with E-state index < -0.39 is 0 Å². The average molecular weight is 339 g/mol. The van der Waals surface area contributed by atoms with Gasteiger partial charge in [-0.1, -0.05) is 112 Å². The smallest absolute Gasteiger partial charge is 0.122 e. The van der Waals surface area contributed by atoms with Crippen molar-refractivity contribution in [3.8, 4) is 0 Å². The Hall–Kier alpha value is -0.330. The van der Waals surface area contributed by atoms with E-state index in [0.717, 1.165) is 30.5 Å². The minimum atomic E-state index is 0.251. The zero-order valence-electron chi connectivity index (χ0n) is 17.5. The molecule has 0 bridgehead atoms. The number of hydrogen-bond acceptors (Lipinski definition) is 1. The Bertz CT molecular complexity index is 273. The third-order valence-electron chi connectivity index (χ3n) is 5.68. The zero-order valence-corrected chi connectivity index (χ0v) is 17.5. The van der Waals surface area contributed by atoms with Crippen molar-refractivity contribution in [2.45, 2.75) is 118 Å². The molecule has 4 unspecified atom stereocenters. The highest BCUT2D eigenvalue weighted by atomic mass is 16.1. The van der Waals surface area contributed by atoms with Gasteiger partial charge in [0.2, 0.25) is 0 Å². The molecule has 0 saturated heterocycles. The van der Waals surface area contributed by atoms with Gasteiger partial charge in [-0.2, -0.15) is 0 Å². The molecular weight excluding hydrogens is 292 g/mol. The van der Waals surface area contributed by atoms with Gasteiger partial charge in [0.1, 0.15) is 6.29 Å². The highest BCUT2D eigenvalue weighted by molar-refractivity contribution is 5.52. The Morgan fingerprint density at radius 3 is 1.33 bits per heavy atom. The second-order valence-electron chi connectivity index (χ2n) is 8.72. The topological polar surface area (TPSA) is 17.1 Å². The molecule has 0 saturated carbocycles. The molecule has 0 amide bonds. The molecule has 0 aromatic heterocycles. The predicted molar refractivity (Wildman–Crippen MR) is 108 cm³/mol. The van der Waals surface area contributed by atoms with E-state index in [-0.39, 0.29) is 5.92 Å². The highest BCUT2D eigenvalue weighted by Crippen LogP contribution is 2.23. The van der Waals surface area contributed by atoms with E-state index in [1.807, 2.05) is 6.92 Å². The maximum atomic E-state index is 10.6. The van der Waals surface area contributed by atoms with Gasteiger partial charge in [-0.15, -0.1) is 0 Å². The van der Waals surface area contributed by atoms with Crippen LogP contribution in [0.1, 0.15) is 118 Å². The predicted octanol–water partition coefficient (Wildman–Crippen LogP) is 7.82. The fourth-order valence-electron chi connectivity index (χ4n) is 3.66. The van der Waals surface area contributed by atoms with Gasteiger partial charge < -0.3 is 4.79 Å². The molecule has 0 aromatic rings. The summed E-state index contributed by atoms with van der Waals surface area (Å²) < 4.78 is 0. The summed E-state index contributed by atoms with van der Waals surface area (Å²) in [4.78, 5) is 10.6. The molecular formula is C23H46O. The minimum Gasteiger partial charge on any atom is -0.303 e. The second kappa shape index (κ2) is 16.2. The van der Waals surface area contributed by atoms with Gasteiger partial charge in [0.15, 0.2) is 0 Å². The van der Waals surface area contributed by atoms with Crippen molar-refractivity contribution in [3.63, 3.8) is 0 Å². The lowest BCUT2D eigenvalue weighted by molar-refractivity contribution is -0.110. The van der Waals surface area contributed by atoms with Crippen LogP contribution in [0.4, 0.5) is 0 Å². The van der Waals surface area contributed by atoms with Crippen LogP contribution < -0.4 is 0 Å². The SMILES string of the molecule is CCCCCC(C)CCCC(C)CCCC(C)CCCC(C)C=O. The van der Waals surface area contributed by atoms with E-state index in [1.165, 1.54) is 77.0 Å². The van der Waals surface area contributed by atoms with E-state index in [1.54, 1.807) is 0 Å². The molecule has 4 atom stereocenters. The molecule has 1 heteroatoms. The molecule has 0 spiro atoms. The van der Waals surface area contributed by atoms with Crippen LogP contribution in [0.3, 0.4) is 0 Å². The molecule has 0 aliphatic carbocycles. The molecule has 0 heterocycles. The van der Waals surface area contributed by atoms with E-state index in [2.05, 4.69) is 27.7 Å². The summed E-state index contributed by atoms with van der Waals surface area (Å²) in [6.45, 7) is 11.6. The largest absolute Gasteiger partial charge is 0.303 e. The van der Waals surface area contributed by atoms with Gasteiger partial charge in [0.05, 0.1) is 0 Å². The van der Waals surface area contributed by atoms with Gasteiger partial charge in [0.25, 0.3) is 0 Å². The van der Waals surface area contributed by atoms with Crippen molar-refractivity contribution < 1.29 is 4.79 Å². The Kier molecular flexibility index (Phi) is 15.9. The lowest BCUT2D eigenvalue weighted by Crippen LogP contribution is -2.02. The van der Waals surface area contributed by atoms with Crippen molar-refractivity contribution in [1.29, 1.82) is 0 Å². The summed E-state index contributed by atoms with van der Waals surface area (Å²) in [7, 11) is 0. The number of unbranched alkanes of at least 4 members (excludes halogenated alkanes) is 2. The Balaban J connectivity index is 3.51. The fourth-order valence-corrected chi connectivity index (χ4v) is 3.66. The molecule has 24 heavy (non-hydrogen) atoms. The highest BCUT2D eigenvalue weighted by Gasteiger charge is 2.08. The number of rotatable bonds is 17. The summed E-state index contributed by atoms with van der Waals surface area (Å²) in [5.41, 5.74) is 0. The quantitative estimate of drug-likeness (QED) is 0.195. The van der Waals surface area contributed by atoms with E-state index in [4.69, 9.17) is 0 Å². The first-order chi connectivity index (χ1) is 11.5. The Morgan fingerprint density at radius 2 is 0.958 bits per heavy atom. The number of carbonyl (C=O) groups excluding carboxylic acids is 1. The van der Waals surface area contributed by atoms with Gasteiger partial charge in [-0.3, -0.25) is 0 Å². The van der Waals surface area contributed by atoms with Crippen molar-refractivity contribution in [2.24, 2.45) is 23.7 Å². The van der Waals surface area contributed by atoms with Crippen LogP contribution in [0.15, 0.2) is 0 Å². The average Bonchev–Trinajstić information content (AvgIpc) is 2.55. The van der Waals surface area contributed by atoms with E-state index in [9.17, 15) is 4.79 Å². The van der Waals surface area contributed by atoms with E-state index in [0.29, 0.717) is 0 Å². The molecule has 0 radical (unpaired) electrons. The van der Waals surface area contributed by atoms with Crippen LogP contribution in [0.5, 0.6) is 0 Å². The first kappa shape index (κ1) is 23.7. The van der Waals surface area contributed by atoms with Crippen LogP contribution in [-0.2, 0) is 4.79 Å². The molecule has 0 rings (SSSR count). The molecule has 1 nitrogen and oxygen atoms in total. The molecule has 0 aromatic carbocycles. The maximum Gasteiger partial charge on any atom is 0.122 e. The van der Waals surface area contributed by atoms with Gasteiger partial charge in [-0.25, -0.2) is 0 Å². The zero-order chi connectivity index (χ0) is 18.2. The summed E-state index contributed by atoms with van der Waals surface area (Å²) in [6.07, 6.45) is 18.7. The number of carbonyl (C=O) groups is 1. The normalized spacial score (nSPS) is 16.5. The maximum absolute atomic E-state index is 10.6. The minimum absolute atomic E-state index is 0.251. The molecule has 0 aliphatic rings. The van der Waals surface area contributed by atoms with Crippen LogP contribution in [0.2, 0.25) is 0 Å². The monoisotopic (exact) mass is 338 g/mol. The molecule has 144 valence electrons. The van der Waals surface area contributed by atoms with Gasteiger partial charge in [0, 0.05) is 5.92 Å². The lowest BCUT2D eigenvalue weighted by atomic mass is 9.90. The molecule has 0 N–H and O–H groups in total. The van der Waals surface area contributed by atoms with E-state index >= 15 is 0 Å². The fraction of sp³-hybridized carbons (Fsp3) is 0.957. The summed E-state index contributed by atoms with van der Waals surface area (Å²) in [5, 5.41) is 0. The number of aldehydes is 1. The Morgan fingerprint density at radius 1 is 0.583 bits per heavy atom. The van der Waals surface area contributed by atoms with Crippen molar-refractivity contribution >= 4 is 6.29 Å². The van der Waals surface area contributed by atoms with Gasteiger partial charge in [-0.05, 0) is 24.2 Å². The third-order valence-corrected chi connectivity index (χ3v) is 5.68. The summed E-state index contributed by atoms with van der Waals surface area (Å²) in [5.74, 6) is 2.91. The van der Waals surface area contributed by atoms with Crippen molar-refractivity contribution in [1.82, 2.24) is 0 Å². The standard InChI is InChI=1S/C23H46O/c1-6-7-8-12-20(2)13-9-14-21(3)15-10-16-22(4)17-11-18-23(5)19-24/h19-23H,6-18H2,1-5H3. The Labute approximate surface area is 153 Å². The molecule has 0 fully saturated rings. The summed E-state index contributed by atoms with van der Waals surface area (Å²) >= 11 is 0. The number of hydrogen-bond donors (Lipinski definition) is 0.